The molecule has 0 aliphatic rings. The van der Waals surface area contributed by atoms with Crippen molar-refractivity contribution in [2.45, 2.75) is 6.73 Å². The van der Waals surface area contributed by atoms with Crippen molar-refractivity contribution in [1.82, 2.24) is 9.55 Å². The summed E-state index contributed by atoms with van der Waals surface area (Å²) >= 11 is 1.45. The minimum atomic E-state index is -0.505. The van der Waals surface area contributed by atoms with Crippen molar-refractivity contribution in [1.29, 1.82) is 0 Å². The third-order valence-corrected chi connectivity index (χ3v) is 3.10. The van der Waals surface area contributed by atoms with E-state index in [1.165, 1.54) is 24.6 Å². The second-order valence-electron chi connectivity index (χ2n) is 3.55. The van der Waals surface area contributed by atoms with Crippen LogP contribution in [0.3, 0.4) is 0 Å². The van der Waals surface area contributed by atoms with Crippen molar-refractivity contribution in [3.8, 4) is 0 Å². The molecule has 6 nitrogen and oxygen atoms in total. The SMILES string of the molecule is COCn1ccsc1=Nc1cccnc1C(=O)OC. The molecular formula is C12H13N3O3S. The van der Waals surface area contributed by atoms with Gasteiger partial charge < -0.3 is 9.47 Å². The number of rotatable bonds is 4. The van der Waals surface area contributed by atoms with E-state index in [0.717, 1.165) is 4.80 Å². The van der Waals surface area contributed by atoms with Crippen LogP contribution in [-0.4, -0.2) is 29.7 Å². The molecule has 0 saturated carbocycles. The summed E-state index contributed by atoms with van der Waals surface area (Å²) in [5, 5.41) is 1.89. The fraction of sp³-hybridized carbons (Fsp3) is 0.250. The van der Waals surface area contributed by atoms with Gasteiger partial charge in [-0.15, -0.1) is 11.3 Å². The van der Waals surface area contributed by atoms with E-state index < -0.39 is 5.97 Å². The molecule has 2 aromatic rings. The summed E-state index contributed by atoms with van der Waals surface area (Å²) < 4.78 is 11.6. The maximum Gasteiger partial charge on any atom is 0.358 e. The van der Waals surface area contributed by atoms with Crippen LogP contribution >= 0.6 is 11.3 Å². The Morgan fingerprint density at radius 1 is 1.53 bits per heavy atom. The van der Waals surface area contributed by atoms with E-state index in [2.05, 4.69) is 14.7 Å². The summed E-state index contributed by atoms with van der Waals surface area (Å²) in [7, 11) is 2.93. The summed E-state index contributed by atoms with van der Waals surface area (Å²) in [4.78, 5) is 20.8. The molecular weight excluding hydrogens is 266 g/mol. The first-order chi connectivity index (χ1) is 9.26. The van der Waals surface area contributed by atoms with E-state index in [0.29, 0.717) is 12.4 Å². The summed E-state index contributed by atoms with van der Waals surface area (Å²) in [6.07, 6.45) is 3.39. The van der Waals surface area contributed by atoms with Crippen LogP contribution in [0.15, 0.2) is 34.9 Å². The van der Waals surface area contributed by atoms with Gasteiger partial charge in [-0.25, -0.2) is 14.8 Å². The lowest BCUT2D eigenvalue weighted by atomic mass is 10.3. The van der Waals surface area contributed by atoms with E-state index >= 15 is 0 Å². The number of nitrogens with zero attached hydrogens (tertiary/aromatic N) is 3. The van der Waals surface area contributed by atoms with Crippen molar-refractivity contribution in [3.05, 3.63) is 40.4 Å². The predicted molar refractivity (Wildman–Crippen MR) is 70.1 cm³/mol. The molecule has 0 saturated heterocycles. The molecule has 0 spiro atoms. The van der Waals surface area contributed by atoms with Crippen molar-refractivity contribution in [3.63, 3.8) is 0 Å². The number of hydrogen-bond donors (Lipinski definition) is 0. The van der Waals surface area contributed by atoms with Gasteiger partial charge in [0.25, 0.3) is 0 Å². The lowest BCUT2D eigenvalue weighted by Crippen LogP contribution is -2.15. The molecule has 0 aliphatic heterocycles. The Morgan fingerprint density at radius 3 is 3.11 bits per heavy atom. The van der Waals surface area contributed by atoms with E-state index in [1.807, 2.05) is 16.1 Å². The van der Waals surface area contributed by atoms with Crippen LogP contribution < -0.4 is 4.80 Å². The minimum absolute atomic E-state index is 0.197. The number of methoxy groups -OCH3 is 2. The number of pyridine rings is 1. The van der Waals surface area contributed by atoms with Crippen LogP contribution in [0.25, 0.3) is 0 Å². The Balaban J connectivity index is 2.48. The number of carbonyl (C=O) groups excluding carboxylic acids is 1. The average Bonchev–Trinajstić information content (AvgIpc) is 2.86. The van der Waals surface area contributed by atoms with Gasteiger partial charge in [0, 0.05) is 24.9 Å². The zero-order chi connectivity index (χ0) is 13.7. The van der Waals surface area contributed by atoms with E-state index in [1.54, 1.807) is 19.2 Å². The standard InChI is InChI=1S/C12H13N3O3S/c1-17-8-15-6-7-19-12(15)14-9-4-3-5-13-10(9)11(16)18-2/h3-7H,8H2,1-2H3. The molecule has 7 heteroatoms. The highest BCUT2D eigenvalue weighted by Crippen LogP contribution is 2.16. The third-order valence-electron chi connectivity index (χ3n) is 2.31. The molecule has 0 radical (unpaired) electrons. The molecule has 0 atom stereocenters. The smallest absolute Gasteiger partial charge is 0.358 e. The molecule has 0 unspecified atom stereocenters. The molecule has 0 bridgehead atoms. The third kappa shape index (κ3) is 3.07. The number of thiazole rings is 1. The van der Waals surface area contributed by atoms with Crippen LogP contribution in [0.2, 0.25) is 0 Å². The average molecular weight is 279 g/mol. The fourth-order valence-corrected chi connectivity index (χ4v) is 2.20. The van der Waals surface area contributed by atoms with Crippen LogP contribution in [0.5, 0.6) is 0 Å². The Kier molecular flexibility index (Phi) is 4.43. The second kappa shape index (κ2) is 6.26. The van der Waals surface area contributed by atoms with Crippen LogP contribution in [0.1, 0.15) is 10.5 Å². The van der Waals surface area contributed by atoms with Crippen molar-refractivity contribution in [2.24, 2.45) is 4.99 Å². The molecule has 0 amide bonds. The van der Waals surface area contributed by atoms with Crippen LogP contribution in [0.4, 0.5) is 5.69 Å². The second-order valence-corrected chi connectivity index (χ2v) is 4.42. The molecule has 0 N–H and O–H groups in total. The number of esters is 1. The zero-order valence-corrected chi connectivity index (χ0v) is 11.4. The molecule has 0 fully saturated rings. The van der Waals surface area contributed by atoms with E-state index in [4.69, 9.17) is 4.74 Å². The van der Waals surface area contributed by atoms with Gasteiger partial charge in [-0.05, 0) is 12.1 Å². The maximum absolute atomic E-state index is 11.6. The summed E-state index contributed by atoms with van der Waals surface area (Å²) in [6.45, 7) is 0.399. The minimum Gasteiger partial charge on any atom is -0.464 e. The van der Waals surface area contributed by atoms with Gasteiger partial charge in [-0.3, -0.25) is 4.57 Å². The van der Waals surface area contributed by atoms with Gasteiger partial charge in [0.2, 0.25) is 0 Å². The highest BCUT2D eigenvalue weighted by atomic mass is 32.1. The first-order valence-electron chi connectivity index (χ1n) is 5.47. The quantitative estimate of drug-likeness (QED) is 0.797. The van der Waals surface area contributed by atoms with Crippen molar-refractivity contribution < 1.29 is 14.3 Å². The number of ether oxygens (including phenoxy) is 2. The molecule has 2 rings (SSSR count). The van der Waals surface area contributed by atoms with Gasteiger partial charge in [0.05, 0.1) is 12.8 Å². The Bertz CT molecular complexity index is 633. The summed E-state index contributed by atoms with van der Waals surface area (Å²) in [5.74, 6) is -0.505. The molecule has 0 aliphatic carbocycles. The number of aromatic nitrogens is 2. The topological polar surface area (TPSA) is 65.7 Å². The van der Waals surface area contributed by atoms with Gasteiger partial charge in [-0.2, -0.15) is 0 Å². The first kappa shape index (κ1) is 13.4. The predicted octanol–water partition coefficient (Wildman–Crippen LogP) is 1.57. The van der Waals surface area contributed by atoms with Gasteiger partial charge in [0.15, 0.2) is 10.5 Å². The lowest BCUT2D eigenvalue weighted by molar-refractivity contribution is 0.0595. The Hall–Kier alpha value is -1.99. The highest BCUT2D eigenvalue weighted by molar-refractivity contribution is 7.07. The maximum atomic E-state index is 11.6. The summed E-state index contributed by atoms with van der Waals surface area (Å²) in [5.41, 5.74) is 0.670. The largest absolute Gasteiger partial charge is 0.464 e. The van der Waals surface area contributed by atoms with Gasteiger partial charge in [-0.1, -0.05) is 0 Å². The molecule has 19 heavy (non-hydrogen) atoms. The fourth-order valence-electron chi connectivity index (χ4n) is 1.47. The van der Waals surface area contributed by atoms with E-state index in [-0.39, 0.29) is 5.69 Å². The van der Waals surface area contributed by atoms with Gasteiger partial charge in [0.1, 0.15) is 6.73 Å². The molecule has 2 heterocycles. The number of hydrogen-bond acceptors (Lipinski definition) is 6. The molecule has 2 aromatic heterocycles. The Labute approximate surface area is 114 Å². The Morgan fingerprint density at radius 2 is 2.37 bits per heavy atom. The normalized spacial score (nSPS) is 11.6. The van der Waals surface area contributed by atoms with Crippen LogP contribution in [-0.2, 0) is 16.2 Å². The molecule has 0 aromatic carbocycles. The van der Waals surface area contributed by atoms with E-state index in [9.17, 15) is 4.79 Å². The lowest BCUT2D eigenvalue weighted by Gasteiger charge is -2.02. The van der Waals surface area contributed by atoms with Crippen molar-refractivity contribution >= 4 is 23.0 Å². The first-order valence-corrected chi connectivity index (χ1v) is 6.35. The monoisotopic (exact) mass is 279 g/mol. The highest BCUT2D eigenvalue weighted by Gasteiger charge is 2.12. The zero-order valence-electron chi connectivity index (χ0n) is 10.6. The molecule has 100 valence electrons. The van der Waals surface area contributed by atoms with Crippen LogP contribution in [0, 0.1) is 0 Å². The number of carbonyl (C=O) groups is 1. The van der Waals surface area contributed by atoms with Crippen molar-refractivity contribution in [2.75, 3.05) is 14.2 Å². The summed E-state index contributed by atoms with van der Waals surface area (Å²) in [6, 6.07) is 3.44. The van der Waals surface area contributed by atoms with Gasteiger partial charge >= 0.3 is 5.97 Å².